The molecule has 0 aliphatic carbocycles. The van der Waals surface area contributed by atoms with Crippen LogP contribution in [-0.4, -0.2) is 39.2 Å². The SMILES string of the molecule is COC(=O)CNc1cc(C)nc2nc(-c3ccccc3)nn12. The van der Waals surface area contributed by atoms with Gasteiger partial charge in [0.05, 0.1) is 7.11 Å². The number of aromatic nitrogens is 4. The molecule has 2 aromatic heterocycles. The molecule has 0 aliphatic heterocycles. The van der Waals surface area contributed by atoms with Crippen molar-refractivity contribution in [2.45, 2.75) is 6.92 Å². The van der Waals surface area contributed by atoms with Gasteiger partial charge >= 0.3 is 5.97 Å². The van der Waals surface area contributed by atoms with E-state index in [-0.39, 0.29) is 12.5 Å². The molecule has 2 heterocycles. The Hall–Kier alpha value is -2.96. The van der Waals surface area contributed by atoms with Crippen molar-refractivity contribution in [1.82, 2.24) is 19.6 Å². The molecule has 0 amide bonds. The normalized spacial score (nSPS) is 10.6. The van der Waals surface area contributed by atoms with Crippen molar-refractivity contribution in [3.63, 3.8) is 0 Å². The molecule has 0 saturated heterocycles. The van der Waals surface area contributed by atoms with Gasteiger partial charge < -0.3 is 10.1 Å². The summed E-state index contributed by atoms with van der Waals surface area (Å²) in [5.41, 5.74) is 1.69. The molecule has 3 aromatic rings. The first-order valence-electron chi connectivity index (χ1n) is 6.78. The number of carbonyl (C=O) groups is 1. The summed E-state index contributed by atoms with van der Waals surface area (Å²) in [5, 5.41) is 7.45. The lowest BCUT2D eigenvalue weighted by Crippen LogP contribution is -2.17. The van der Waals surface area contributed by atoms with Crippen molar-refractivity contribution in [3.8, 4) is 11.4 Å². The van der Waals surface area contributed by atoms with E-state index in [9.17, 15) is 4.79 Å². The van der Waals surface area contributed by atoms with E-state index in [1.54, 1.807) is 10.6 Å². The Balaban J connectivity index is 2.01. The first-order valence-corrected chi connectivity index (χ1v) is 6.78. The summed E-state index contributed by atoms with van der Waals surface area (Å²) >= 11 is 0. The number of anilines is 1. The number of ether oxygens (including phenoxy) is 1. The molecular formula is C15H15N5O2. The highest BCUT2D eigenvalue weighted by atomic mass is 16.5. The summed E-state index contributed by atoms with van der Waals surface area (Å²) in [6.07, 6.45) is 0. The number of nitrogens with one attached hydrogen (secondary N) is 1. The minimum absolute atomic E-state index is 0.0512. The Morgan fingerprint density at radius 1 is 1.27 bits per heavy atom. The van der Waals surface area contributed by atoms with Crippen LogP contribution in [0.4, 0.5) is 5.82 Å². The van der Waals surface area contributed by atoms with Gasteiger partial charge in [-0.05, 0) is 6.92 Å². The number of hydrogen-bond donors (Lipinski definition) is 1. The van der Waals surface area contributed by atoms with Crippen molar-refractivity contribution < 1.29 is 9.53 Å². The number of nitrogens with zero attached hydrogens (tertiary/aromatic N) is 4. The number of esters is 1. The molecule has 7 heteroatoms. The molecule has 0 bridgehead atoms. The lowest BCUT2D eigenvalue weighted by Gasteiger charge is -2.07. The minimum atomic E-state index is -0.356. The standard InChI is InChI=1S/C15H15N5O2/c1-10-8-12(16-9-13(21)22-2)20-15(17-10)18-14(19-20)11-6-4-3-5-7-11/h3-8,16H,9H2,1-2H3. The smallest absolute Gasteiger partial charge is 0.325 e. The molecule has 1 aromatic carbocycles. The molecular weight excluding hydrogens is 282 g/mol. The van der Waals surface area contributed by atoms with Gasteiger partial charge in [0.15, 0.2) is 5.82 Å². The molecule has 22 heavy (non-hydrogen) atoms. The molecule has 112 valence electrons. The fourth-order valence-corrected chi connectivity index (χ4v) is 2.06. The Bertz CT molecular complexity index is 813. The third-order valence-electron chi connectivity index (χ3n) is 3.11. The highest BCUT2D eigenvalue weighted by molar-refractivity contribution is 5.74. The van der Waals surface area contributed by atoms with E-state index in [0.717, 1.165) is 11.3 Å². The van der Waals surface area contributed by atoms with Gasteiger partial charge in [-0.3, -0.25) is 4.79 Å². The molecule has 0 aliphatic rings. The number of fused-ring (bicyclic) bond motifs is 1. The van der Waals surface area contributed by atoms with Crippen LogP contribution < -0.4 is 5.32 Å². The second kappa shape index (κ2) is 5.80. The lowest BCUT2D eigenvalue weighted by molar-refractivity contribution is -0.138. The molecule has 3 rings (SSSR count). The van der Waals surface area contributed by atoms with Crippen molar-refractivity contribution >= 4 is 17.6 Å². The minimum Gasteiger partial charge on any atom is -0.468 e. The third-order valence-corrected chi connectivity index (χ3v) is 3.11. The van der Waals surface area contributed by atoms with Crippen LogP contribution >= 0.6 is 0 Å². The van der Waals surface area contributed by atoms with Crippen LogP contribution in [0, 0.1) is 6.92 Å². The van der Waals surface area contributed by atoms with E-state index in [4.69, 9.17) is 0 Å². The zero-order valence-electron chi connectivity index (χ0n) is 12.3. The first kappa shape index (κ1) is 14.0. The van der Waals surface area contributed by atoms with Crippen LogP contribution in [0.3, 0.4) is 0 Å². The topological polar surface area (TPSA) is 81.4 Å². The van der Waals surface area contributed by atoms with E-state index in [1.165, 1.54) is 7.11 Å². The Labute approximate surface area is 127 Å². The van der Waals surface area contributed by atoms with Gasteiger partial charge in [-0.1, -0.05) is 30.3 Å². The monoisotopic (exact) mass is 297 g/mol. The summed E-state index contributed by atoms with van der Waals surface area (Å²) in [7, 11) is 1.35. The van der Waals surface area contributed by atoms with Crippen LogP contribution in [0.2, 0.25) is 0 Å². The average Bonchev–Trinajstić information content (AvgIpc) is 2.97. The van der Waals surface area contributed by atoms with Crippen molar-refractivity contribution in [2.75, 3.05) is 19.0 Å². The van der Waals surface area contributed by atoms with Crippen LogP contribution in [0.15, 0.2) is 36.4 Å². The molecule has 0 fully saturated rings. The van der Waals surface area contributed by atoms with E-state index in [2.05, 4.69) is 25.1 Å². The van der Waals surface area contributed by atoms with Crippen molar-refractivity contribution in [3.05, 3.63) is 42.1 Å². The quantitative estimate of drug-likeness (QED) is 0.738. The molecule has 0 atom stereocenters. The largest absolute Gasteiger partial charge is 0.468 e. The molecule has 1 N–H and O–H groups in total. The Kier molecular flexibility index (Phi) is 3.69. The average molecular weight is 297 g/mol. The van der Waals surface area contributed by atoms with Crippen LogP contribution in [0.25, 0.3) is 17.2 Å². The predicted molar refractivity (Wildman–Crippen MR) is 81.5 cm³/mol. The predicted octanol–water partition coefficient (Wildman–Crippen LogP) is 1.68. The van der Waals surface area contributed by atoms with E-state index >= 15 is 0 Å². The van der Waals surface area contributed by atoms with Crippen LogP contribution in [-0.2, 0) is 9.53 Å². The fraction of sp³-hybridized carbons (Fsp3) is 0.200. The fourth-order valence-electron chi connectivity index (χ4n) is 2.06. The molecule has 7 nitrogen and oxygen atoms in total. The molecule has 0 radical (unpaired) electrons. The van der Waals surface area contributed by atoms with Gasteiger partial charge in [-0.2, -0.15) is 9.50 Å². The number of aryl methyl sites for hydroxylation is 1. The maximum Gasteiger partial charge on any atom is 0.325 e. The maximum atomic E-state index is 11.3. The zero-order chi connectivity index (χ0) is 15.5. The highest BCUT2D eigenvalue weighted by Crippen LogP contribution is 2.18. The summed E-state index contributed by atoms with van der Waals surface area (Å²) in [6, 6.07) is 11.5. The molecule has 0 unspecified atom stereocenters. The van der Waals surface area contributed by atoms with Crippen LogP contribution in [0.1, 0.15) is 5.69 Å². The first-order chi connectivity index (χ1) is 10.7. The summed E-state index contributed by atoms with van der Waals surface area (Å²) in [6.45, 7) is 1.91. The third kappa shape index (κ3) is 2.73. The lowest BCUT2D eigenvalue weighted by atomic mass is 10.2. The number of benzene rings is 1. The number of carbonyl (C=O) groups excluding carboxylic acids is 1. The second-order valence-corrected chi connectivity index (χ2v) is 4.73. The van der Waals surface area contributed by atoms with Crippen molar-refractivity contribution in [1.29, 1.82) is 0 Å². The summed E-state index contributed by atoms with van der Waals surface area (Å²) in [4.78, 5) is 20.1. The van der Waals surface area contributed by atoms with Crippen LogP contribution in [0.5, 0.6) is 0 Å². The Morgan fingerprint density at radius 2 is 2.05 bits per heavy atom. The molecule has 0 saturated carbocycles. The molecule has 0 spiro atoms. The maximum absolute atomic E-state index is 11.3. The number of rotatable bonds is 4. The van der Waals surface area contributed by atoms with Gasteiger partial charge in [-0.25, -0.2) is 4.98 Å². The van der Waals surface area contributed by atoms with E-state index in [1.807, 2.05) is 37.3 Å². The number of hydrogen-bond acceptors (Lipinski definition) is 6. The van der Waals surface area contributed by atoms with E-state index < -0.39 is 0 Å². The second-order valence-electron chi connectivity index (χ2n) is 4.73. The summed E-state index contributed by atoms with van der Waals surface area (Å²) < 4.78 is 6.21. The van der Waals surface area contributed by atoms with E-state index in [0.29, 0.717) is 17.4 Å². The van der Waals surface area contributed by atoms with Gasteiger partial charge in [0, 0.05) is 17.3 Å². The van der Waals surface area contributed by atoms with Crippen molar-refractivity contribution in [2.24, 2.45) is 0 Å². The highest BCUT2D eigenvalue weighted by Gasteiger charge is 2.12. The van der Waals surface area contributed by atoms with Gasteiger partial charge in [-0.15, -0.1) is 5.10 Å². The van der Waals surface area contributed by atoms with Gasteiger partial charge in [0.1, 0.15) is 12.4 Å². The number of methoxy groups -OCH3 is 1. The zero-order valence-corrected chi connectivity index (χ0v) is 12.3. The van der Waals surface area contributed by atoms with Gasteiger partial charge in [0.2, 0.25) is 0 Å². The van der Waals surface area contributed by atoms with Gasteiger partial charge in [0.25, 0.3) is 5.78 Å². The summed E-state index contributed by atoms with van der Waals surface area (Å²) in [5.74, 6) is 1.35. The Morgan fingerprint density at radius 3 is 2.77 bits per heavy atom.